The number of hydrogen-bond acceptors (Lipinski definition) is 2. The zero-order chi connectivity index (χ0) is 13.7. The predicted octanol–water partition coefficient (Wildman–Crippen LogP) is 3.43. The molecule has 2 nitrogen and oxygen atoms in total. The van der Waals surface area contributed by atoms with Crippen LogP contribution in [0.1, 0.15) is 24.2 Å². The highest BCUT2D eigenvalue weighted by Gasteiger charge is 2.17. The summed E-state index contributed by atoms with van der Waals surface area (Å²) >= 11 is 0. The van der Waals surface area contributed by atoms with Gasteiger partial charge in [-0.15, -0.1) is 0 Å². The van der Waals surface area contributed by atoms with E-state index < -0.39 is 0 Å². The second-order valence-electron chi connectivity index (χ2n) is 4.63. The molecule has 0 saturated heterocycles. The monoisotopic (exact) mass is 259 g/mol. The summed E-state index contributed by atoms with van der Waals surface area (Å²) < 4.78 is 19.1. The molecule has 2 unspecified atom stereocenters. The molecule has 0 amide bonds. The number of halogens is 1. The van der Waals surface area contributed by atoms with Crippen LogP contribution in [0, 0.1) is 5.82 Å². The van der Waals surface area contributed by atoms with Crippen LogP contribution >= 0.6 is 0 Å². The van der Waals surface area contributed by atoms with Crippen molar-refractivity contribution in [3.05, 3.63) is 71.5 Å². The minimum absolute atomic E-state index is 0.203. The van der Waals surface area contributed by atoms with Crippen LogP contribution in [0.3, 0.4) is 0 Å². The van der Waals surface area contributed by atoms with Gasteiger partial charge < -0.3 is 10.5 Å². The Bertz CT molecular complexity index is 513. The zero-order valence-corrected chi connectivity index (χ0v) is 10.9. The Morgan fingerprint density at radius 1 is 1.11 bits per heavy atom. The number of benzene rings is 2. The van der Waals surface area contributed by atoms with Crippen molar-refractivity contribution < 1.29 is 9.13 Å². The average Bonchev–Trinajstić information content (AvgIpc) is 2.40. The van der Waals surface area contributed by atoms with Crippen molar-refractivity contribution >= 4 is 0 Å². The van der Waals surface area contributed by atoms with Gasteiger partial charge in [0.25, 0.3) is 0 Å². The fraction of sp³-hybridized carbons (Fsp3) is 0.250. The van der Waals surface area contributed by atoms with Gasteiger partial charge in [0, 0.05) is 6.04 Å². The Morgan fingerprint density at radius 2 is 1.84 bits per heavy atom. The third kappa shape index (κ3) is 3.88. The lowest BCUT2D eigenvalue weighted by Gasteiger charge is -2.22. The molecule has 0 aliphatic heterocycles. The van der Waals surface area contributed by atoms with Gasteiger partial charge in [-0.25, -0.2) is 4.39 Å². The SMILES string of the molecule is CC(N)C(OCc1ccccc1)c1cccc(F)c1. The smallest absolute Gasteiger partial charge is 0.123 e. The summed E-state index contributed by atoms with van der Waals surface area (Å²) in [5, 5.41) is 0. The van der Waals surface area contributed by atoms with Crippen LogP contribution < -0.4 is 5.73 Å². The van der Waals surface area contributed by atoms with E-state index >= 15 is 0 Å². The van der Waals surface area contributed by atoms with Gasteiger partial charge in [-0.2, -0.15) is 0 Å². The Balaban J connectivity index is 2.09. The molecular formula is C16H18FNO. The molecule has 19 heavy (non-hydrogen) atoms. The quantitative estimate of drug-likeness (QED) is 0.892. The summed E-state index contributed by atoms with van der Waals surface area (Å²) in [5.41, 5.74) is 7.78. The van der Waals surface area contributed by atoms with Gasteiger partial charge in [0.1, 0.15) is 5.82 Å². The van der Waals surface area contributed by atoms with E-state index in [-0.39, 0.29) is 18.0 Å². The second kappa shape index (κ2) is 6.45. The van der Waals surface area contributed by atoms with Crippen molar-refractivity contribution in [1.29, 1.82) is 0 Å². The molecule has 0 radical (unpaired) electrons. The first kappa shape index (κ1) is 13.7. The number of rotatable bonds is 5. The maximum absolute atomic E-state index is 13.3. The second-order valence-corrected chi connectivity index (χ2v) is 4.63. The molecule has 0 bridgehead atoms. The van der Waals surface area contributed by atoms with E-state index in [9.17, 15) is 4.39 Å². The van der Waals surface area contributed by atoms with Crippen molar-refractivity contribution in [2.24, 2.45) is 5.73 Å². The predicted molar refractivity (Wildman–Crippen MR) is 74.0 cm³/mol. The van der Waals surface area contributed by atoms with Gasteiger partial charge in [0.05, 0.1) is 12.7 Å². The van der Waals surface area contributed by atoms with E-state index in [2.05, 4.69) is 0 Å². The van der Waals surface area contributed by atoms with Gasteiger partial charge in [0.15, 0.2) is 0 Å². The van der Waals surface area contributed by atoms with E-state index in [1.54, 1.807) is 6.07 Å². The maximum atomic E-state index is 13.3. The number of hydrogen-bond donors (Lipinski definition) is 1. The first-order chi connectivity index (χ1) is 9.16. The Kier molecular flexibility index (Phi) is 4.66. The van der Waals surface area contributed by atoms with E-state index in [1.165, 1.54) is 12.1 Å². The molecule has 0 aromatic heterocycles. The molecule has 3 heteroatoms. The Morgan fingerprint density at radius 3 is 2.47 bits per heavy atom. The third-order valence-corrected chi connectivity index (χ3v) is 2.93. The lowest BCUT2D eigenvalue weighted by Crippen LogP contribution is -2.27. The van der Waals surface area contributed by atoms with Crippen molar-refractivity contribution in [1.82, 2.24) is 0 Å². The fourth-order valence-electron chi connectivity index (χ4n) is 2.00. The summed E-state index contributed by atoms with van der Waals surface area (Å²) in [6.07, 6.45) is -0.309. The molecule has 0 spiro atoms. The molecule has 0 aliphatic rings. The van der Waals surface area contributed by atoms with Crippen LogP contribution in [-0.4, -0.2) is 6.04 Å². The van der Waals surface area contributed by atoms with E-state index in [0.29, 0.717) is 6.61 Å². The lowest BCUT2D eigenvalue weighted by molar-refractivity contribution is 0.0257. The van der Waals surface area contributed by atoms with Crippen LogP contribution in [0.5, 0.6) is 0 Å². The Hall–Kier alpha value is -1.71. The third-order valence-electron chi connectivity index (χ3n) is 2.93. The molecule has 0 aliphatic carbocycles. The van der Waals surface area contributed by atoms with Gasteiger partial charge in [0.2, 0.25) is 0 Å². The van der Waals surface area contributed by atoms with Crippen LogP contribution in [0.4, 0.5) is 4.39 Å². The molecule has 0 fully saturated rings. The minimum Gasteiger partial charge on any atom is -0.367 e. The minimum atomic E-state index is -0.309. The maximum Gasteiger partial charge on any atom is 0.123 e. The fourth-order valence-corrected chi connectivity index (χ4v) is 2.00. The first-order valence-corrected chi connectivity index (χ1v) is 6.33. The van der Waals surface area contributed by atoms with Crippen LogP contribution in [0.2, 0.25) is 0 Å². The molecular weight excluding hydrogens is 241 g/mol. The molecule has 2 N–H and O–H groups in total. The van der Waals surface area contributed by atoms with Gasteiger partial charge in [-0.1, -0.05) is 42.5 Å². The highest BCUT2D eigenvalue weighted by molar-refractivity contribution is 5.20. The van der Waals surface area contributed by atoms with Crippen LogP contribution in [-0.2, 0) is 11.3 Å². The highest BCUT2D eigenvalue weighted by Crippen LogP contribution is 2.22. The summed E-state index contributed by atoms with van der Waals surface area (Å²) in [6, 6.07) is 16.0. The summed E-state index contributed by atoms with van der Waals surface area (Å²) in [4.78, 5) is 0. The molecule has 0 heterocycles. The molecule has 2 atom stereocenters. The summed E-state index contributed by atoms with van der Waals surface area (Å²) in [7, 11) is 0. The summed E-state index contributed by atoms with van der Waals surface area (Å²) in [6.45, 7) is 2.32. The highest BCUT2D eigenvalue weighted by atomic mass is 19.1. The molecule has 2 aromatic rings. The normalized spacial score (nSPS) is 14.1. The average molecular weight is 259 g/mol. The van der Waals surface area contributed by atoms with Crippen LogP contribution in [0.25, 0.3) is 0 Å². The van der Waals surface area contributed by atoms with Gasteiger partial charge >= 0.3 is 0 Å². The zero-order valence-electron chi connectivity index (χ0n) is 10.9. The van der Waals surface area contributed by atoms with Crippen molar-refractivity contribution in [3.8, 4) is 0 Å². The standard InChI is InChI=1S/C16H18FNO/c1-12(18)16(14-8-5-9-15(17)10-14)19-11-13-6-3-2-4-7-13/h2-10,12,16H,11,18H2,1H3. The van der Waals surface area contributed by atoms with E-state index in [1.807, 2.05) is 43.3 Å². The van der Waals surface area contributed by atoms with Crippen LogP contribution in [0.15, 0.2) is 54.6 Å². The Labute approximate surface area is 113 Å². The largest absolute Gasteiger partial charge is 0.367 e. The van der Waals surface area contributed by atoms with E-state index in [4.69, 9.17) is 10.5 Å². The van der Waals surface area contributed by atoms with E-state index in [0.717, 1.165) is 11.1 Å². The van der Waals surface area contributed by atoms with Gasteiger partial charge in [-0.3, -0.25) is 0 Å². The lowest BCUT2D eigenvalue weighted by atomic mass is 10.0. The molecule has 100 valence electrons. The molecule has 2 rings (SSSR count). The first-order valence-electron chi connectivity index (χ1n) is 6.33. The van der Waals surface area contributed by atoms with Crippen molar-refractivity contribution in [2.75, 3.05) is 0 Å². The van der Waals surface area contributed by atoms with Crippen molar-refractivity contribution in [3.63, 3.8) is 0 Å². The van der Waals surface area contributed by atoms with Gasteiger partial charge in [-0.05, 0) is 30.2 Å². The molecule has 0 saturated carbocycles. The topological polar surface area (TPSA) is 35.2 Å². The molecule has 2 aromatic carbocycles. The number of ether oxygens (including phenoxy) is 1. The number of nitrogens with two attached hydrogens (primary N) is 1. The summed E-state index contributed by atoms with van der Waals surface area (Å²) in [5.74, 6) is -0.272. The van der Waals surface area contributed by atoms with Crippen molar-refractivity contribution in [2.45, 2.75) is 25.7 Å².